The van der Waals surface area contributed by atoms with Gasteiger partial charge < -0.3 is 4.90 Å². The molecule has 2 atom stereocenters. The fraction of sp³-hybridized carbons (Fsp3) is 0.889. The summed E-state index contributed by atoms with van der Waals surface area (Å²) < 4.78 is 0. The van der Waals surface area contributed by atoms with Crippen LogP contribution in [-0.2, 0) is 4.79 Å². The van der Waals surface area contributed by atoms with Gasteiger partial charge in [0.1, 0.15) is 0 Å². The molecule has 1 saturated heterocycles. The van der Waals surface area contributed by atoms with Crippen LogP contribution in [0, 0.1) is 11.8 Å². The fourth-order valence-corrected chi connectivity index (χ4v) is 1.98. The van der Waals surface area contributed by atoms with Crippen LogP contribution in [0.1, 0.15) is 26.7 Å². The van der Waals surface area contributed by atoms with Gasteiger partial charge in [-0.1, -0.05) is 20.3 Å². The highest BCUT2D eigenvalue weighted by Crippen LogP contribution is 2.28. The van der Waals surface area contributed by atoms with E-state index in [0.29, 0.717) is 17.7 Å². The lowest BCUT2D eigenvalue weighted by atomic mass is 9.91. The number of likely N-dealkylation sites (tertiary alicyclic amines) is 1. The van der Waals surface area contributed by atoms with E-state index in [4.69, 9.17) is 0 Å². The van der Waals surface area contributed by atoms with Crippen molar-refractivity contribution in [3.05, 3.63) is 0 Å². The molecule has 0 aliphatic carbocycles. The van der Waals surface area contributed by atoms with Crippen LogP contribution in [0.15, 0.2) is 0 Å². The Hall–Kier alpha value is -0.530. The van der Waals surface area contributed by atoms with E-state index in [1.807, 2.05) is 11.9 Å². The molecule has 1 heterocycles. The van der Waals surface area contributed by atoms with Gasteiger partial charge in [0.2, 0.25) is 5.91 Å². The van der Waals surface area contributed by atoms with E-state index >= 15 is 0 Å². The molecule has 1 fully saturated rings. The topological polar surface area (TPSA) is 20.3 Å². The molecule has 1 aliphatic heterocycles. The number of hydrogen-bond acceptors (Lipinski definition) is 1. The van der Waals surface area contributed by atoms with Crippen molar-refractivity contribution in [3.63, 3.8) is 0 Å². The van der Waals surface area contributed by atoms with Gasteiger partial charge in [0.05, 0.1) is 0 Å². The van der Waals surface area contributed by atoms with Crippen LogP contribution in [0.3, 0.4) is 0 Å². The van der Waals surface area contributed by atoms with Crippen LogP contribution in [0.2, 0.25) is 0 Å². The van der Waals surface area contributed by atoms with Gasteiger partial charge in [-0.25, -0.2) is 0 Å². The van der Waals surface area contributed by atoms with E-state index in [2.05, 4.69) is 13.8 Å². The van der Waals surface area contributed by atoms with Gasteiger partial charge in [-0.05, 0) is 12.3 Å². The highest BCUT2D eigenvalue weighted by molar-refractivity contribution is 5.81. The number of amides is 1. The second-order valence-corrected chi connectivity index (χ2v) is 3.40. The highest BCUT2D eigenvalue weighted by Gasteiger charge is 2.35. The Kier molecular flexibility index (Phi) is 2.53. The molecule has 11 heavy (non-hydrogen) atoms. The molecule has 64 valence electrons. The number of carbonyl (C=O) groups is 1. The standard InChI is InChI=1S/C9H17NO/c1-4-7-6-10(3)9(11)8(7)5-2/h7-8H,4-6H2,1-3H3. The van der Waals surface area contributed by atoms with Crippen LogP contribution in [0.5, 0.6) is 0 Å². The second-order valence-electron chi connectivity index (χ2n) is 3.40. The molecule has 0 aromatic heterocycles. The van der Waals surface area contributed by atoms with Crippen LogP contribution in [0.4, 0.5) is 0 Å². The van der Waals surface area contributed by atoms with E-state index in [-0.39, 0.29) is 0 Å². The maximum absolute atomic E-state index is 11.4. The van der Waals surface area contributed by atoms with Crippen molar-refractivity contribution in [2.24, 2.45) is 11.8 Å². The van der Waals surface area contributed by atoms with Gasteiger partial charge in [0.25, 0.3) is 0 Å². The van der Waals surface area contributed by atoms with Gasteiger partial charge in [-0.3, -0.25) is 4.79 Å². The maximum atomic E-state index is 11.4. The van der Waals surface area contributed by atoms with E-state index in [9.17, 15) is 4.79 Å². The van der Waals surface area contributed by atoms with E-state index in [1.54, 1.807) is 0 Å². The molecular weight excluding hydrogens is 138 g/mol. The van der Waals surface area contributed by atoms with Crippen molar-refractivity contribution < 1.29 is 4.79 Å². The first-order valence-electron chi connectivity index (χ1n) is 4.45. The first kappa shape index (κ1) is 8.57. The Bertz CT molecular complexity index is 156. The van der Waals surface area contributed by atoms with Crippen molar-refractivity contribution in [1.82, 2.24) is 4.90 Å². The first-order valence-corrected chi connectivity index (χ1v) is 4.45. The lowest BCUT2D eigenvalue weighted by Gasteiger charge is -2.10. The number of nitrogens with zero attached hydrogens (tertiary/aromatic N) is 1. The molecule has 0 bridgehead atoms. The predicted molar refractivity (Wildman–Crippen MR) is 45.2 cm³/mol. The third-order valence-electron chi connectivity index (χ3n) is 2.74. The molecule has 2 unspecified atom stereocenters. The van der Waals surface area contributed by atoms with Gasteiger partial charge in [-0.2, -0.15) is 0 Å². The fourth-order valence-electron chi connectivity index (χ4n) is 1.98. The number of rotatable bonds is 2. The molecule has 0 aromatic rings. The van der Waals surface area contributed by atoms with Gasteiger partial charge in [-0.15, -0.1) is 0 Å². The van der Waals surface area contributed by atoms with Crippen LogP contribution in [0.25, 0.3) is 0 Å². The van der Waals surface area contributed by atoms with Crippen LogP contribution >= 0.6 is 0 Å². The van der Waals surface area contributed by atoms with Crippen molar-refractivity contribution in [3.8, 4) is 0 Å². The zero-order chi connectivity index (χ0) is 8.43. The zero-order valence-electron chi connectivity index (χ0n) is 7.63. The van der Waals surface area contributed by atoms with Crippen molar-refractivity contribution in [2.45, 2.75) is 26.7 Å². The Labute approximate surface area is 68.6 Å². The molecule has 0 spiro atoms. The van der Waals surface area contributed by atoms with Crippen molar-refractivity contribution in [2.75, 3.05) is 13.6 Å². The Morgan fingerprint density at radius 2 is 2.09 bits per heavy atom. The van der Waals surface area contributed by atoms with Gasteiger partial charge >= 0.3 is 0 Å². The summed E-state index contributed by atoms with van der Waals surface area (Å²) in [4.78, 5) is 13.3. The quantitative estimate of drug-likeness (QED) is 0.592. The summed E-state index contributed by atoms with van der Waals surface area (Å²) in [6.45, 7) is 5.23. The summed E-state index contributed by atoms with van der Waals surface area (Å²) in [6.07, 6.45) is 2.14. The molecular formula is C9H17NO. The first-order chi connectivity index (χ1) is 5.20. The van der Waals surface area contributed by atoms with Crippen molar-refractivity contribution >= 4 is 5.91 Å². The summed E-state index contributed by atoms with van der Waals surface area (Å²) in [6, 6.07) is 0. The average Bonchev–Trinajstić information content (AvgIpc) is 2.28. The lowest BCUT2D eigenvalue weighted by Crippen LogP contribution is -2.22. The molecule has 0 saturated carbocycles. The molecule has 2 heteroatoms. The van der Waals surface area contributed by atoms with Gasteiger partial charge in [0, 0.05) is 19.5 Å². The van der Waals surface area contributed by atoms with E-state index < -0.39 is 0 Å². The molecule has 0 aromatic carbocycles. The zero-order valence-corrected chi connectivity index (χ0v) is 7.63. The molecule has 1 amide bonds. The number of hydrogen-bond donors (Lipinski definition) is 0. The normalized spacial score (nSPS) is 31.5. The third kappa shape index (κ3) is 1.39. The maximum Gasteiger partial charge on any atom is 0.225 e. The smallest absolute Gasteiger partial charge is 0.225 e. The summed E-state index contributed by atoms with van der Waals surface area (Å²) in [5, 5.41) is 0. The van der Waals surface area contributed by atoms with Crippen LogP contribution in [-0.4, -0.2) is 24.4 Å². The van der Waals surface area contributed by atoms with Gasteiger partial charge in [0.15, 0.2) is 0 Å². The number of carbonyl (C=O) groups excluding carboxylic acids is 1. The molecule has 0 radical (unpaired) electrons. The Morgan fingerprint density at radius 3 is 2.45 bits per heavy atom. The predicted octanol–water partition coefficient (Wildman–Crippen LogP) is 1.51. The monoisotopic (exact) mass is 155 g/mol. The Morgan fingerprint density at radius 1 is 1.45 bits per heavy atom. The van der Waals surface area contributed by atoms with Crippen molar-refractivity contribution in [1.29, 1.82) is 0 Å². The van der Waals surface area contributed by atoms with E-state index in [0.717, 1.165) is 19.4 Å². The summed E-state index contributed by atoms with van der Waals surface area (Å²) in [5.41, 5.74) is 0. The second kappa shape index (κ2) is 3.24. The average molecular weight is 155 g/mol. The molecule has 1 aliphatic rings. The molecule has 0 N–H and O–H groups in total. The summed E-state index contributed by atoms with van der Waals surface area (Å²) in [5.74, 6) is 1.27. The molecule has 2 nitrogen and oxygen atoms in total. The minimum absolute atomic E-state index is 0.310. The lowest BCUT2D eigenvalue weighted by molar-refractivity contribution is -0.130. The minimum atomic E-state index is 0.310. The minimum Gasteiger partial charge on any atom is -0.345 e. The summed E-state index contributed by atoms with van der Waals surface area (Å²) >= 11 is 0. The Balaban J connectivity index is 2.64. The largest absolute Gasteiger partial charge is 0.345 e. The highest BCUT2D eigenvalue weighted by atomic mass is 16.2. The van der Waals surface area contributed by atoms with E-state index in [1.165, 1.54) is 0 Å². The molecule has 1 rings (SSSR count). The third-order valence-corrected chi connectivity index (χ3v) is 2.74. The SMILES string of the molecule is CCC1CN(C)C(=O)C1CC. The summed E-state index contributed by atoms with van der Waals surface area (Å²) in [7, 11) is 1.90. The van der Waals surface area contributed by atoms with Crippen LogP contribution < -0.4 is 0 Å².